The fraction of sp³-hybridized carbons (Fsp3) is 0.455. The summed E-state index contributed by atoms with van der Waals surface area (Å²) in [5.74, 6) is -3.25. The average molecular weight is 258 g/mol. The van der Waals surface area contributed by atoms with Crippen molar-refractivity contribution in [1.82, 2.24) is 9.88 Å². The van der Waals surface area contributed by atoms with Crippen molar-refractivity contribution in [3.8, 4) is 0 Å². The van der Waals surface area contributed by atoms with E-state index in [1.165, 1.54) is 4.90 Å². The number of hydrogen-bond donors (Lipinski definition) is 1. The largest absolute Gasteiger partial charge is 0.394 e. The highest BCUT2D eigenvalue weighted by molar-refractivity contribution is 5.94. The lowest BCUT2D eigenvalue weighted by molar-refractivity contribution is -0.0186. The van der Waals surface area contributed by atoms with E-state index in [9.17, 15) is 13.6 Å². The van der Waals surface area contributed by atoms with Crippen LogP contribution in [0, 0.1) is 11.8 Å². The predicted molar refractivity (Wildman–Crippen MR) is 56.9 cm³/mol. The number of aromatic nitrogens is 1. The van der Waals surface area contributed by atoms with Crippen molar-refractivity contribution in [1.29, 1.82) is 0 Å². The maximum atomic E-state index is 13.5. The Morgan fingerprint density at radius 3 is 3.11 bits per heavy atom. The maximum absolute atomic E-state index is 13.5. The summed E-state index contributed by atoms with van der Waals surface area (Å²) < 4.78 is 31.5. The van der Waals surface area contributed by atoms with Gasteiger partial charge >= 0.3 is 0 Å². The molecule has 1 aromatic rings. The van der Waals surface area contributed by atoms with Crippen LogP contribution in [0.25, 0.3) is 0 Å². The molecule has 0 aromatic carbocycles. The first kappa shape index (κ1) is 12.8. The third-order valence-corrected chi connectivity index (χ3v) is 2.78. The average Bonchev–Trinajstić information content (AvgIpc) is 2.41. The number of ether oxygens (including phenoxy) is 1. The SMILES string of the molecule is O=C(c1ccnc(F)c1F)N1CCOCC1CO. The van der Waals surface area contributed by atoms with Crippen LogP contribution in [0.3, 0.4) is 0 Å². The van der Waals surface area contributed by atoms with Crippen LogP contribution in [0.5, 0.6) is 0 Å². The molecule has 2 rings (SSSR count). The van der Waals surface area contributed by atoms with Crippen molar-refractivity contribution in [2.24, 2.45) is 0 Å². The molecule has 0 spiro atoms. The van der Waals surface area contributed by atoms with Gasteiger partial charge in [0.05, 0.1) is 31.4 Å². The lowest BCUT2D eigenvalue weighted by atomic mass is 10.1. The summed E-state index contributed by atoms with van der Waals surface area (Å²) in [5, 5.41) is 9.13. The fourth-order valence-electron chi connectivity index (χ4n) is 1.81. The number of aliphatic hydroxyl groups excluding tert-OH is 1. The molecule has 0 radical (unpaired) electrons. The second-order valence-corrected chi connectivity index (χ2v) is 3.87. The van der Waals surface area contributed by atoms with E-state index >= 15 is 0 Å². The summed E-state index contributed by atoms with van der Waals surface area (Å²) >= 11 is 0. The zero-order chi connectivity index (χ0) is 13.1. The second kappa shape index (κ2) is 5.36. The number of amides is 1. The van der Waals surface area contributed by atoms with Gasteiger partial charge in [-0.3, -0.25) is 4.79 Å². The zero-order valence-electron chi connectivity index (χ0n) is 9.47. The third-order valence-electron chi connectivity index (χ3n) is 2.78. The lowest BCUT2D eigenvalue weighted by Crippen LogP contribution is -2.50. The molecule has 7 heteroatoms. The summed E-state index contributed by atoms with van der Waals surface area (Å²) in [7, 11) is 0. The number of morpholine rings is 1. The molecular formula is C11H12F2N2O3. The molecule has 2 heterocycles. The molecule has 1 aliphatic heterocycles. The summed E-state index contributed by atoms with van der Waals surface area (Å²) in [6.45, 7) is 0.420. The Bertz CT molecular complexity index is 456. The van der Waals surface area contributed by atoms with Crippen LogP contribution in [-0.2, 0) is 4.74 Å². The van der Waals surface area contributed by atoms with Gasteiger partial charge in [-0.05, 0) is 6.07 Å². The van der Waals surface area contributed by atoms with Crippen LogP contribution < -0.4 is 0 Å². The van der Waals surface area contributed by atoms with E-state index in [1.54, 1.807) is 0 Å². The zero-order valence-corrected chi connectivity index (χ0v) is 9.47. The Labute approximate surface area is 102 Å². The van der Waals surface area contributed by atoms with Crippen LogP contribution >= 0.6 is 0 Å². The molecule has 1 amide bonds. The van der Waals surface area contributed by atoms with E-state index in [0.29, 0.717) is 6.61 Å². The Kier molecular flexibility index (Phi) is 3.83. The molecule has 0 aliphatic carbocycles. The van der Waals surface area contributed by atoms with Crippen LogP contribution in [0.4, 0.5) is 8.78 Å². The van der Waals surface area contributed by atoms with E-state index in [0.717, 1.165) is 12.3 Å². The first-order chi connectivity index (χ1) is 8.65. The van der Waals surface area contributed by atoms with Gasteiger partial charge in [0.15, 0.2) is 5.82 Å². The van der Waals surface area contributed by atoms with Crippen LogP contribution in [0.1, 0.15) is 10.4 Å². The Hall–Kier alpha value is -1.60. The Morgan fingerprint density at radius 2 is 2.39 bits per heavy atom. The number of hydrogen-bond acceptors (Lipinski definition) is 4. The minimum absolute atomic E-state index is 0.178. The molecule has 1 aliphatic rings. The highest BCUT2D eigenvalue weighted by Crippen LogP contribution is 2.15. The number of halogens is 2. The van der Waals surface area contributed by atoms with Crippen LogP contribution in [-0.4, -0.2) is 53.3 Å². The first-order valence-electron chi connectivity index (χ1n) is 5.44. The lowest BCUT2D eigenvalue weighted by Gasteiger charge is -2.34. The normalized spacial score (nSPS) is 19.9. The summed E-state index contributed by atoms with van der Waals surface area (Å²) in [4.78, 5) is 16.5. The van der Waals surface area contributed by atoms with E-state index in [4.69, 9.17) is 9.84 Å². The van der Waals surface area contributed by atoms with Crippen molar-refractivity contribution in [3.05, 3.63) is 29.6 Å². The number of carbonyl (C=O) groups excluding carboxylic acids is 1. The van der Waals surface area contributed by atoms with Crippen molar-refractivity contribution in [2.45, 2.75) is 6.04 Å². The minimum Gasteiger partial charge on any atom is -0.394 e. The van der Waals surface area contributed by atoms with Gasteiger partial charge in [0.25, 0.3) is 5.91 Å². The molecule has 1 N–H and O–H groups in total. The molecule has 98 valence electrons. The van der Waals surface area contributed by atoms with E-state index in [1.807, 2.05) is 0 Å². The van der Waals surface area contributed by atoms with E-state index in [-0.39, 0.29) is 25.3 Å². The molecule has 5 nitrogen and oxygen atoms in total. The van der Waals surface area contributed by atoms with Crippen molar-refractivity contribution in [3.63, 3.8) is 0 Å². The fourth-order valence-corrected chi connectivity index (χ4v) is 1.81. The Morgan fingerprint density at radius 1 is 1.61 bits per heavy atom. The van der Waals surface area contributed by atoms with Crippen molar-refractivity contribution >= 4 is 5.91 Å². The predicted octanol–water partition coefficient (Wildman–Crippen LogP) is 0.193. The van der Waals surface area contributed by atoms with Gasteiger partial charge in [0.1, 0.15) is 0 Å². The summed E-state index contributed by atoms with van der Waals surface area (Å²) in [6.07, 6.45) is 1.03. The van der Waals surface area contributed by atoms with Gasteiger partial charge in [0, 0.05) is 12.7 Å². The van der Waals surface area contributed by atoms with Gasteiger partial charge in [-0.15, -0.1) is 0 Å². The number of rotatable bonds is 2. The molecular weight excluding hydrogens is 246 g/mol. The quantitative estimate of drug-likeness (QED) is 0.769. The minimum atomic E-state index is -1.31. The standard InChI is InChI=1S/C11H12F2N2O3/c12-9-8(1-2-14-10(9)13)11(17)15-3-4-18-6-7(15)5-16/h1-2,7,16H,3-6H2. The van der Waals surface area contributed by atoms with Crippen LogP contribution in [0.2, 0.25) is 0 Å². The number of pyridine rings is 1. The number of nitrogens with zero attached hydrogens (tertiary/aromatic N) is 2. The summed E-state index contributed by atoms with van der Waals surface area (Å²) in [6, 6.07) is 0.576. The van der Waals surface area contributed by atoms with Crippen LogP contribution in [0.15, 0.2) is 12.3 Å². The van der Waals surface area contributed by atoms with Crippen molar-refractivity contribution < 1.29 is 23.4 Å². The summed E-state index contributed by atoms with van der Waals surface area (Å²) in [5.41, 5.74) is -0.386. The van der Waals surface area contributed by atoms with E-state index in [2.05, 4.69) is 4.98 Å². The molecule has 1 saturated heterocycles. The molecule has 0 saturated carbocycles. The van der Waals surface area contributed by atoms with Crippen molar-refractivity contribution in [2.75, 3.05) is 26.4 Å². The highest BCUT2D eigenvalue weighted by atomic mass is 19.2. The van der Waals surface area contributed by atoms with Gasteiger partial charge in [0.2, 0.25) is 5.95 Å². The Balaban J connectivity index is 2.27. The maximum Gasteiger partial charge on any atom is 0.257 e. The molecule has 1 aromatic heterocycles. The molecule has 1 unspecified atom stereocenters. The molecule has 1 fully saturated rings. The topological polar surface area (TPSA) is 62.7 Å². The second-order valence-electron chi connectivity index (χ2n) is 3.87. The van der Waals surface area contributed by atoms with E-state index < -0.39 is 23.7 Å². The van der Waals surface area contributed by atoms with Gasteiger partial charge in [-0.2, -0.15) is 4.39 Å². The highest BCUT2D eigenvalue weighted by Gasteiger charge is 2.29. The van der Waals surface area contributed by atoms with Gasteiger partial charge in [-0.1, -0.05) is 0 Å². The monoisotopic (exact) mass is 258 g/mol. The van der Waals surface area contributed by atoms with Gasteiger partial charge < -0.3 is 14.7 Å². The number of aliphatic hydroxyl groups is 1. The smallest absolute Gasteiger partial charge is 0.257 e. The number of carbonyl (C=O) groups is 1. The first-order valence-corrected chi connectivity index (χ1v) is 5.44. The molecule has 1 atom stereocenters. The van der Waals surface area contributed by atoms with Gasteiger partial charge in [-0.25, -0.2) is 9.37 Å². The molecule has 0 bridgehead atoms. The third kappa shape index (κ3) is 2.32. The molecule has 18 heavy (non-hydrogen) atoms.